The number of benzene rings is 1. The number of nitrogens with one attached hydrogen (secondary N) is 1. The Bertz CT molecular complexity index is 616. The Morgan fingerprint density at radius 1 is 1.19 bits per heavy atom. The van der Waals surface area contributed by atoms with Crippen LogP contribution in [0.1, 0.15) is 70.4 Å². The van der Waals surface area contributed by atoms with E-state index in [1.165, 1.54) is 16.5 Å². The molecule has 1 unspecified atom stereocenters. The molecule has 0 aliphatic heterocycles. The molecular formula is C19H29NO. The van der Waals surface area contributed by atoms with Gasteiger partial charge in [-0.05, 0) is 42.0 Å². The summed E-state index contributed by atoms with van der Waals surface area (Å²) in [6.45, 7) is 16.4. The Morgan fingerprint density at radius 2 is 1.86 bits per heavy atom. The highest BCUT2D eigenvalue weighted by Crippen LogP contribution is 2.38. The van der Waals surface area contributed by atoms with Crippen LogP contribution in [0.2, 0.25) is 0 Å². The third-order valence-electron chi connectivity index (χ3n) is 4.13. The second-order valence-electron chi connectivity index (χ2n) is 7.37. The molecule has 1 heterocycles. The summed E-state index contributed by atoms with van der Waals surface area (Å²) in [5.41, 5.74) is 3.77. The van der Waals surface area contributed by atoms with Crippen molar-refractivity contribution in [2.45, 2.75) is 60.4 Å². The van der Waals surface area contributed by atoms with E-state index in [9.17, 15) is 0 Å². The van der Waals surface area contributed by atoms with Crippen LogP contribution in [0.3, 0.4) is 0 Å². The highest BCUT2D eigenvalue weighted by Gasteiger charge is 2.29. The smallest absolute Gasteiger partial charge is 0.138 e. The van der Waals surface area contributed by atoms with Gasteiger partial charge in [0.15, 0.2) is 0 Å². The van der Waals surface area contributed by atoms with Crippen LogP contribution in [-0.2, 0) is 0 Å². The maximum absolute atomic E-state index is 6.32. The zero-order chi connectivity index (χ0) is 15.8. The molecule has 1 atom stereocenters. The molecule has 1 N–H and O–H groups in total. The van der Waals surface area contributed by atoms with Gasteiger partial charge in [0.2, 0.25) is 0 Å². The van der Waals surface area contributed by atoms with E-state index >= 15 is 0 Å². The van der Waals surface area contributed by atoms with Gasteiger partial charge < -0.3 is 9.73 Å². The number of aryl methyl sites for hydroxylation is 1. The quantitative estimate of drug-likeness (QED) is 0.796. The number of hydrogen-bond donors (Lipinski definition) is 1. The monoisotopic (exact) mass is 287 g/mol. The lowest BCUT2D eigenvalue weighted by atomic mass is 9.85. The maximum Gasteiger partial charge on any atom is 0.138 e. The van der Waals surface area contributed by atoms with E-state index in [2.05, 4.69) is 72.0 Å². The molecule has 0 radical (unpaired) electrons. The first-order chi connectivity index (χ1) is 9.75. The minimum absolute atomic E-state index is 0.121. The van der Waals surface area contributed by atoms with Crippen LogP contribution < -0.4 is 5.32 Å². The van der Waals surface area contributed by atoms with Gasteiger partial charge in [-0.3, -0.25) is 0 Å². The average Bonchev–Trinajstić information content (AvgIpc) is 2.79. The number of furan rings is 1. The van der Waals surface area contributed by atoms with E-state index in [0.717, 1.165) is 17.9 Å². The molecule has 0 fully saturated rings. The van der Waals surface area contributed by atoms with Gasteiger partial charge in [-0.1, -0.05) is 53.7 Å². The van der Waals surface area contributed by atoms with E-state index in [0.29, 0.717) is 5.92 Å². The van der Waals surface area contributed by atoms with Gasteiger partial charge in [-0.2, -0.15) is 0 Å². The van der Waals surface area contributed by atoms with Crippen LogP contribution in [0.5, 0.6) is 0 Å². The van der Waals surface area contributed by atoms with Gasteiger partial charge in [0.25, 0.3) is 0 Å². The molecule has 0 spiro atoms. The van der Waals surface area contributed by atoms with Crippen molar-refractivity contribution in [3.05, 3.63) is 35.1 Å². The molecule has 0 amide bonds. The lowest BCUT2D eigenvalue weighted by Gasteiger charge is -2.29. The third kappa shape index (κ3) is 3.16. The lowest BCUT2D eigenvalue weighted by Crippen LogP contribution is -2.31. The molecule has 2 rings (SSSR count). The van der Waals surface area contributed by atoms with E-state index in [-0.39, 0.29) is 11.5 Å². The predicted molar refractivity (Wildman–Crippen MR) is 90.9 cm³/mol. The van der Waals surface area contributed by atoms with Crippen molar-refractivity contribution in [3.63, 3.8) is 0 Å². The second kappa shape index (κ2) is 5.84. The van der Waals surface area contributed by atoms with Crippen molar-refractivity contribution < 1.29 is 4.42 Å². The summed E-state index contributed by atoms with van der Waals surface area (Å²) in [4.78, 5) is 0. The van der Waals surface area contributed by atoms with Crippen molar-refractivity contribution in [3.8, 4) is 0 Å². The molecule has 2 heteroatoms. The van der Waals surface area contributed by atoms with E-state index in [4.69, 9.17) is 4.42 Å². The summed E-state index contributed by atoms with van der Waals surface area (Å²) in [6, 6.07) is 6.87. The SMILES string of the molecule is CCNC(c1cc2c(C)ccc(C(C)C)c2o1)C(C)(C)C. The molecule has 116 valence electrons. The largest absolute Gasteiger partial charge is 0.459 e. The van der Waals surface area contributed by atoms with Gasteiger partial charge in [0, 0.05) is 5.39 Å². The Morgan fingerprint density at radius 3 is 2.38 bits per heavy atom. The summed E-state index contributed by atoms with van der Waals surface area (Å²) in [6.07, 6.45) is 0. The molecule has 0 saturated carbocycles. The topological polar surface area (TPSA) is 25.2 Å². The van der Waals surface area contributed by atoms with E-state index in [1.807, 2.05) is 0 Å². The van der Waals surface area contributed by atoms with E-state index in [1.54, 1.807) is 0 Å². The number of hydrogen-bond acceptors (Lipinski definition) is 2. The molecule has 21 heavy (non-hydrogen) atoms. The Balaban J connectivity index is 2.60. The summed E-state index contributed by atoms with van der Waals surface area (Å²) in [5, 5.41) is 4.83. The molecule has 2 aromatic rings. The molecule has 0 bridgehead atoms. The van der Waals surface area contributed by atoms with Crippen molar-refractivity contribution in [1.29, 1.82) is 0 Å². The minimum atomic E-state index is 0.121. The van der Waals surface area contributed by atoms with Crippen LogP contribution in [0, 0.1) is 12.3 Å². The van der Waals surface area contributed by atoms with Gasteiger partial charge in [-0.25, -0.2) is 0 Å². The maximum atomic E-state index is 6.32. The van der Waals surface area contributed by atoms with Crippen LogP contribution in [0.25, 0.3) is 11.0 Å². The molecular weight excluding hydrogens is 258 g/mol. The van der Waals surface area contributed by atoms with Gasteiger partial charge >= 0.3 is 0 Å². The molecule has 0 aliphatic rings. The first kappa shape index (κ1) is 16.1. The van der Waals surface area contributed by atoms with Crippen LogP contribution in [0.15, 0.2) is 22.6 Å². The summed E-state index contributed by atoms with van der Waals surface area (Å²) in [5.74, 6) is 1.52. The van der Waals surface area contributed by atoms with Crippen molar-refractivity contribution in [2.75, 3.05) is 6.54 Å². The normalized spacial score (nSPS) is 14.1. The first-order valence-electron chi connectivity index (χ1n) is 8.02. The van der Waals surface area contributed by atoms with Gasteiger partial charge in [0.05, 0.1) is 6.04 Å². The Kier molecular flexibility index (Phi) is 4.48. The van der Waals surface area contributed by atoms with Crippen LogP contribution >= 0.6 is 0 Å². The molecule has 1 aromatic heterocycles. The summed E-state index contributed by atoms with van der Waals surface area (Å²) in [7, 11) is 0. The third-order valence-corrected chi connectivity index (χ3v) is 4.13. The Hall–Kier alpha value is -1.28. The zero-order valence-electron chi connectivity index (χ0n) is 14.5. The standard InChI is InChI=1S/C19H29NO/c1-8-20-18(19(5,6)7)16-11-15-13(4)9-10-14(12(2)3)17(15)21-16/h9-12,18,20H,8H2,1-7H3. The van der Waals surface area contributed by atoms with Crippen LogP contribution in [-0.4, -0.2) is 6.54 Å². The molecule has 0 aliphatic carbocycles. The predicted octanol–water partition coefficient (Wildman–Crippen LogP) is 5.56. The average molecular weight is 287 g/mol. The second-order valence-corrected chi connectivity index (χ2v) is 7.37. The Labute approximate surface area is 128 Å². The summed E-state index contributed by atoms with van der Waals surface area (Å²) >= 11 is 0. The molecule has 1 aromatic carbocycles. The fraction of sp³-hybridized carbons (Fsp3) is 0.579. The zero-order valence-corrected chi connectivity index (χ0v) is 14.5. The fourth-order valence-electron chi connectivity index (χ4n) is 2.93. The van der Waals surface area contributed by atoms with Crippen molar-refractivity contribution in [1.82, 2.24) is 5.32 Å². The minimum Gasteiger partial charge on any atom is -0.459 e. The number of rotatable bonds is 4. The first-order valence-corrected chi connectivity index (χ1v) is 8.02. The highest BCUT2D eigenvalue weighted by molar-refractivity contribution is 5.85. The highest BCUT2D eigenvalue weighted by atomic mass is 16.3. The van der Waals surface area contributed by atoms with Crippen LogP contribution in [0.4, 0.5) is 0 Å². The lowest BCUT2D eigenvalue weighted by molar-refractivity contribution is 0.244. The summed E-state index contributed by atoms with van der Waals surface area (Å²) < 4.78 is 6.32. The molecule has 0 saturated heterocycles. The molecule has 2 nitrogen and oxygen atoms in total. The van der Waals surface area contributed by atoms with Gasteiger partial charge in [-0.15, -0.1) is 0 Å². The van der Waals surface area contributed by atoms with Gasteiger partial charge in [0.1, 0.15) is 11.3 Å². The number of fused-ring (bicyclic) bond motifs is 1. The van der Waals surface area contributed by atoms with Crippen molar-refractivity contribution in [2.24, 2.45) is 5.41 Å². The van der Waals surface area contributed by atoms with Crippen molar-refractivity contribution >= 4 is 11.0 Å². The fourth-order valence-corrected chi connectivity index (χ4v) is 2.93. The van der Waals surface area contributed by atoms with E-state index < -0.39 is 0 Å².